The van der Waals surface area contributed by atoms with E-state index in [1.165, 1.54) is 23.5 Å². The SMILES string of the molecule is COc1ccc(S(=O)(=O)N(CC(C)C)C[C@@H](O)[C@@H]2Cc3cccc(c3)OCCCCCCN[C@H]3CO[C@@H]4OC[C@H](OC(=O)N2)[C@@H]43)cc1. The molecule has 2 aromatic carbocycles. The first-order valence-electron chi connectivity index (χ1n) is 16.6. The van der Waals surface area contributed by atoms with Crippen molar-refractivity contribution >= 4 is 16.1 Å². The average Bonchev–Trinajstić information content (AvgIpc) is 3.64. The molecular formula is C34H49N3O9S. The molecule has 3 N–H and O–H groups in total. The standard InChI is InChI=1S/C34H49N3O9S/c1-23(2)19-37(47(40,41)27-13-11-25(42-3)12-14-27)20-30(38)28-18-24-9-8-10-26(17-24)43-16-7-5-4-6-15-35-29-21-44-33-32(29)31(22-45-33)46-34(39)36-28/h8-14,17,23,28-33,35,38H,4-7,15-16,18-22H2,1-3H3,(H,36,39)/t28-,29-,30+,31-,32-,33+/m0/s1. The summed E-state index contributed by atoms with van der Waals surface area (Å²) >= 11 is 0. The Bertz CT molecular complexity index is 1410. The van der Waals surface area contributed by atoms with Gasteiger partial charge in [0.05, 0.1) is 49.9 Å². The Hall–Kier alpha value is -2.94. The summed E-state index contributed by atoms with van der Waals surface area (Å²) < 4.78 is 57.7. The smallest absolute Gasteiger partial charge is 0.407 e. The molecule has 260 valence electrons. The maximum atomic E-state index is 13.8. The summed E-state index contributed by atoms with van der Waals surface area (Å²) in [7, 11) is -2.48. The number of amides is 1. The Morgan fingerprint density at radius 1 is 1.02 bits per heavy atom. The van der Waals surface area contributed by atoms with Crippen LogP contribution in [-0.4, -0.2) is 101 Å². The molecule has 0 saturated carbocycles. The number of rotatable bonds is 8. The second-order valence-corrected chi connectivity index (χ2v) is 14.9. The van der Waals surface area contributed by atoms with E-state index in [1.807, 2.05) is 38.1 Å². The molecule has 0 unspecified atom stereocenters. The molecule has 0 spiro atoms. The van der Waals surface area contributed by atoms with Crippen LogP contribution in [0.5, 0.6) is 11.5 Å². The maximum Gasteiger partial charge on any atom is 0.407 e. The first-order valence-corrected chi connectivity index (χ1v) is 18.1. The summed E-state index contributed by atoms with van der Waals surface area (Å²) in [5.74, 6) is 1.05. The minimum absolute atomic E-state index is 0.0127. The summed E-state index contributed by atoms with van der Waals surface area (Å²) in [6, 6.07) is 12.8. The van der Waals surface area contributed by atoms with Crippen LogP contribution in [0.25, 0.3) is 0 Å². The summed E-state index contributed by atoms with van der Waals surface area (Å²) in [6.07, 6.45) is 1.29. The Labute approximate surface area is 278 Å². The molecule has 0 radical (unpaired) electrons. The van der Waals surface area contributed by atoms with E-state index in [4.69, 9.17) is 23.7 Å². The Kier molecular flexibility index (Phi) is 12.4. The van der Waals surface area contributed by atoms with Crippen LogP contribution in [0.4, 0.5) is 4.79 Å². The molecule has 5 rings (SSSR count). The Balaban J connectivity index is 1.38. The third kappa shape index (κ3) is 9.36. The van der Waals surface area contributed by atoms with Gasteiger partial charge in [-0.15, -0.1) is 0 Å². The van der Waals surface area contributed by atoms with Crippen LogP contribution in [0.3, 0.4) is 0 Å². The molecule has 0 aliphatic carbocycles. The van der Waals surface area contributed by atoms with E-state index in [2.05, 4.69) is 10.6 Å². The van der Waals surface area contributed by atoms with Crippen molar-refractivity contribution < 1.29 is 42.0 Å². The van der Waals surface area contributed by atoms with E-state index in [0.717, 1.165) is 37.8 Å². The summed E-state index contributed by atoms with van der Waals surface area (Å²) in [5.41, 5.74) is 0.816. The van der Waals surface area contributed by atoms with Crippen molar-refractivity contribution in [3.63, 3.8) is 0 Å². The quantitative estimate of drug-likeness (QED) is 0.381. The van der Waals surface area contributed by atoms with Crippen LogP contribution >= 0.6 is 0 Å². The third-order valence-electron chi connectivity index (χ3n) is 8.86. The lowest BCUT2D eigenvalue weighted by Crippen LogP contribution is -2.52. The van der Waals surface area contributed by atoms with Crippen LogP contribution in [0.1, 0.15) is 45.1 Å². The summed E-state index contributed by atoms with van der Waals surface area (Å²) in [5, 5.41) is 18.1. The number of nitrogens with one attached hydrogen (secondary N) is 2. The number of hydrogen-bond donors (Lipinski definition) is 3. The fraction of sp³-hybridized carbons (Fsp3) is 0.618. The zero-order chi connectivity index (χ0) is 33.4. The van der Waals surface area contributed by atoms with Gasteiger partial charge in [0.1, 0.15) is 17.6 Å². The minimum atomic E-state index is -3.99. The van der Waals surface area contributed by atoms with Gasteiger partial charge in [0, 0.05) is 19.1 Å². The minimum Gasteiger partial charge on any atom is -0.497 e. The highest BCUT2D eigenvalue weighted by Crippen LogP contribution is 2.34. The molecule has 3 heterocycles. The largest absolute Gasteiger partial charge is 0.497 e. The van der Waals surface area contributed by atoms with Gasteiger partial charge in [0.15, 0.2) is 6.29 Å². The van der Waals surface area contributed by atoms with Crippen molar-refractivity contribution in [3.8, 4) is 11.5 Å². The molecule has 3 aliphatic heterocycles. The molecule has 12 nitrogen and oxygen atoms in total. The number of aliphatic hydroxyl groups is 1. The second-order valence-electron chi connectivity index (χ2n) is 12.9. The van der Waals surface area contributed by atoms with Gasteiger partial charge in [-0.3, -0.25) is 0 Å². The van der Waals surface area contributed by atoms with Crippen molar-refractivity contribution in [2.75, 3.05) is 46.6 Å². The highest BCUT2D eigenvalue weighted by molar-refractivity contribution is 7.89. The lowest BCUT2D eigenvalue weighted by molar-refractivity contribution is -0.0908. The van der Waals surface area contributed by atoms with Crippen molar-refractivity contribution in [2.45, 2.75) is 81.4 Å². The lowest BCUT2D eigenvalue weighted by atomic mass is 9.97. The monoisotopic (exact) mass is 675 g/mol. The number of nitrogens with zero attached hydrogens (tertiary/aromatic N) is 1. The van der Waals surface area contributed by atoms with Crippen LogP contribution in [0, 0.1) is 11.8 Å². The van der Waals surface area contributed by atoms with E-state index in [0.29, 0.717) is 24.7 Å². The fourth-order valence-corrected chi connectivity index (χ4v) is 8.03. The van der Waals surface area contributed by atoms with Gasteiger partial charge < -0.3 is 39.4 Å². The first kappa shape index (κ1) is 35.4. The highest BCUT2D eigenvalue weighted by atomic mass is 32.2. The number of ether oxygens (including phenoxy) is 5. The van der Waals surface area contributed by atoms with Crippen molar-refractivity contribution in [1.82, 2.24) is 14.9 Å². The molecule has 2 bridgehead atoms. The van der Waals surface area contributed by atoms with Crippen molar-refractivity contribution in [1.29, 1.82) is 0 Å². The van der Waals surface area contributed by atoms with Gasteiger partial charge in [0.25, 0.3) is 0 Å². The molecule has 1 amide bonds. The number of hydrogen-bond acceptors (Lipinski definition) is 10. The second kappa shape index (κ2) is 16.4. The van der Waals surface area contributed by atoms with Gasteiger partial charge in [-0.2, -0.15) is 4.31 Å². The first-order chi connectivity index (χ1) is 22.6. The van der Waals surface area contributed by atoms with Gasteiger partial charge in [0.2, 0.25) is 10.0 Å². The molecule has 0 aromatic heterocycles. The Morgan fingerprint density at radius 3 is 2.55 bits per heavy atom. The molecular weight excluding hydrogens is 626 g/mol. The van der Waals surface area contributed by atoms with Crippen LogP contribution < -0.4 is 20.1 Å². The van der Waals surface area contributed by atoms with Crippen LogP contribution in [0.15, 0.2) is 53.4 Å². The number of alkyl carbamates (subject to hydrolysis) is 1. The zero-order valence-electron chi connectivity index (χ0n) is 27.5. The molecule has 13 heteroatoms. The number of fused-ring (bicyclic) bond motifs is 2. The third-order valence-corrected chi connectivity index (χ3v) is 10.7. The normalized spacial score (nSPS) is 26.7. The number of aliphatic hydroxyl groups excluding tert-OH is 1. The number of sulfonamides is 1. The van der Waals surface area contributed by atoms with E-state index in [1.54, 1.807) is 12.1 Å². The number of benzene rings is 2. The van der Waals surface area contributed by atoms with Gasteiger partial charge in [-0.05, 0) is 73.7 Å². The average molecular weight is 676 g/mol. The Morgan fingerprint density at radius 2 is 1.79 bits per heavy atom. The molecule has 2 aromatic rings. The van der Waals surface area contributed by atoms with Crippen molar-refractivity contribution in [3.05, 3.63) is 54.1 Å². The van der Waals surface area contributed by atoms with E-state index in [9.17, 15) is 18.3 Å². The topological polar surface area (TPSA) is 145 Å². The van der Waals surface area contributed by atoms with Crippen molar-refractivity contribution in [2.24, 2.45) is 11.8 Å². The van der Waals surface area contributed by atoms with Crippen LogP contribution in [-0.2, 0) is 30.7 Å². The molecule has 3 aliphatic rings. The zero-order valence-corrected chi connectivity index (χ0v) is 28.3. The van der Waals surface area contributed by atoms with Gasteiger partial charge in [-0.25, -0.2) is 13.2 Å². The highest BCUT2D eigenvalue weighted by Gasteiger charge is 2.50. The molecule has 6 atom stereocenters. The van der Waals surface area contributed by atoms with E-state index in [-0.39, 0.29) is 48.9 Å². The predicted molar refractivity (Wildman–Crippen MR) is 175 cm³/mol. The maximum absolute atomic E-state index is 13.8. The number of carbonyl (C=O) groups excluding carboxylic acids is 1. The van der Waals surface area contributed by atoms with Gasteiger partial charge in [-0.1, -0.05) is 38.8 Å². The lowest BCUT2D eigenvalue weighted by Gasteiger charge is -2.31. The summed E-state index contributed by atoms with van der Waals surface area (Å²) in [4.78, 5) is 13.5. The van der Waals surface area contributed by atoms with Crippen LogP contribution in [0.2, 0.25) is 0 Å². The summed E-state index contributed by atoms with van der Waals surface area (Å²) in [6.45, 7) is 5.82. The number of methoxy groups -OCH3 is 1. The van der Waals surface area contributed by atoms with E-state index < -0.39 is 40.7 Å². The molecule has 2 fully saturated rings. The molecule has 47 heavy (non-hydrogen) atoms. The predicted octanol–water partition coefficient (Wildman–Crippen LogP) is 3.32. The fourth-order valence-electron chi connectivity index (χ4n) is 6.40. The van der Waals surface area contributed by atoms with Gasteiger partial charge >= 0.3 is 6.09 Å². The number of carbonyl (C=O) groups is 1. The van der Waals surface area contributed by atoms with E-state index >= 15 is 0 Å². The molecule has 2 saturated heterocycles.